The van der Waals surface area contributed by atoms with Crippen molar-refractivity contribution in [2.75, 3.05) is 25.0 Å². The normalized spacial score (nSPS) is 10.4. The van der Waals surface area contributed by atoms with Gasteiger partial charge in [0.2, 0.25) is 0 Å². The van der Waals surface area contributed by atoms with E-state index in [9.17, 15) is 4.39 Å². The Kier molecular flexibility index (Phi) is 4.85. The second-order valence-electron chi connectivity index (χ2n) is 3.51. The topological polar surface area (TPSA) is 29.3 Å². The standard InChI is InChI=1S/C11H16ClFN2/c1-15(7-3-2-6-14)11-8-9(12)4-5-10(11)13/h4-5,8H,2-3,6-7,14H2,1H3. The van der Waals surface area contributed by atoms with Gasteiger partial charge in [0, 0.05) is 18.6 Å². The fourth-order valence-electron chi connectivity index (χ4n) is 1.39. The van der Waals surface area contributed by atoms with Gasteiger partial charge in [0.25, 0.3) is 0 Å². The number of benzene rings is 1. The zero-order chi connectivity index (χ0) is 11.3. The molecule has 0 unspecified atom stereocenters. The number of unbranched alkanes of at least 4 members (excludes halogenated alkanes) is 1. The van der Waals surface area contributed by atoms with Gasteiger partial charge < -0.3 is 10.6 Å². The molecule has 0 radical (unpaired) electrons. The van der Waals surface area contributed by atoms with Crippen LogP contribution in [0.4, 0.5) is 10.1 Å². The van der Waals surface area contributed by atoms with Gasteiger partial charge in [-0.2, -0.15) is 0 Å². The minimum atomic E-state index is -0.241. The van der Waals surface area contributed by atoms with Crippen LogP contribution in [-0.2, 0) is 0 Å². The smallest absolute Gasteiger partial charge is 0.146 e. The summed E-state index contributed by atoms with van der Waals surface area (Å²) in [6, 6.07) is 4.57. The summed E-state index contributed by atoms with van der Waals surface area (Å²) in [6.07, 6.45) is 1.91. The highest BCUT2D eigenvalue weighted by Gasteiger charge is 2.07. The van der Waals surface area contributed by atoms with Gasteiger partial charge in [-0.3, -0.25) is 0 Å². The molecule has 0 aliphatic rings. The molecule has 4 heteroatoms. The quantitative estimate of drug-likeness (QED) is 0.788. The largest absolute Gasteiger partial charge is 0.372 e. The van der Waals surface area contributed by atoms with E-state index < -0.39 is 0 Å². The van der Waals surface area contributed by atoms with E-state index in [0.717, 1.165) is 19.4 Å². The van der Waals surface area contributed by atoms with Gasteiger partial charge in [-0.1, -0.05) is 11.6 Å². The van der Waals surface area contributed by atoms with Crippen LogP contribution in [-0.4, -0.2) is 20.1 Å². The lowest BCUT2D eigenvalue weighted by atomic mass is 10.2. The van der Waals surface area contributed by atoms with Gasteiger partial charge in [-0.25, -0.2) is 4.39 Å². The molecule has 1 rings (SSSR count). The molecule has 0 aromatic heterocycles. The van der Waals surface area contributed by atoms with Crippen molar-refractivity contribution < 1.29 is 4.39 Å². The zero-order valence-electron chi connectivity index (χ0n) is 8.84. The van der Waals surface area contributed by atoms with E-state index in [-0.39, 0.29) is 5.82 Å². The van der Waals surface area contributed by atoms with E-state index in [0.29, 0.717) is 17.3 Å². The predicted octanol–water partition coefficient (Wildman–Crippen LogP) is 2.65. The summed E-state index contributed by atoms with van der Waals surface area (Å²) in [7, 11) is 1.85. The Balaban J connectivity index is 2.64. The van der Waals surface area contributed by atoms with Gasteiger partial charge in [-0.15, -0.1) is 0 Å². The molecule has 0 aliphatic heterocycles. The fourth-order valence-corrected chi connectivity index (χ4v) is 1.56. The third-order valence-corrected chi connectivity index (χ3v) is 2.50. The van der Waals surface area contributed by atoms with Crippen molar-refractivity contribution in [1.82, 2.24) is 0 Å². The summed E-state index contributed by atoms with van der Waals surface area (Å²) in [5.41, 5.74) is 5.93. The monoisotopic (exact) mass is 230 g/mol. The van der Waals surface area contributed by atoms with Crippen LogP contribution in [0.3, 0.4) is 0 Å². The number of nitrogens with two attached hydrogens (primary N) is 1. The SMILES string of the molecule is CN(CCCCN)c1cc(Cl)ccc1F. The molecule has 0 atom stereocenters. The second-order valence-corrected chi connectivity index (χ2v) is 3.95. The number of hydrogen-bond acceptors (Lipinski definition) is 2. The fraction of sp³-hybridized carbons (Fsp3) is 0.455. The maximum absolute atomic E-state index is 13.4. The summed E-state index contributed by atoms with van der Waals surface area (Å²) in [5, 5.41) is 0.553. The van der Waals surface area contributed by atoms with Crippen molar-refractivity contribution in [3.8, 4) is 0 Å². The number of hydrogen-bond donors (Lipinski definition) is 1. The first-order valence-electron chi connectivity index (χ1n) is 5.01. The van der Waals surface area contributed by atoms with E-state index >= 15 is 0 Å². The predicted molar refractivity (Wildman–Crippen MR) is 63.0 cm³/mol. The average molecular weight is 231 g/mol. The molecule has 0 saturated carbocycles. The number of halogens is 2. The van der Waals surface area contributed by atoms with Gasteiger partial charge >= 0.3 is 0 Å². The molecule has 84 valence electrons. The van der Waals surface area contributed by atoms with Crippen LogP contribution in [0.1, 0.15) is 12.8 Å². The third-order valence-electron chi connectivity index (χ3n) is 2.27. The summed E-state index contributed by atoms with van der Waals surface area (Å²) in [4.78, 5) is 1.86. The van der Waals surface area contributed by atoms with Crippen molar-refractivity contribution in [3.05, 3.63) is 29.0 Å². The maximum Gasteiger partial charge on any atom is 0.146 e. The molecule has 0 fully saturated rings. The Hall–Kier alpha value is -0.800. The minimum Gasteiger partial charge on any atom is -0.372 e. The highest BCUT2D eigenvalue weighted by molar-refractivity contribution is 6.30. The van der Waals surface area contributed by atoms with Crippen LogP contribution in [0, 0.1) is 5.82 Å². The Morgan fingerprint density at radius 3 is 2.80 bits per heavy atom. The van der Waals surface area contributed by atoms with E-state index in [4.69, 9.17) is 17.3 Å². The van der Waals surface area contributed by atoms with E-state index in [1.807, 2.05) is 11.9 Å². The Labute approximate surface area is 94.8 Å². The van der Waals surface area contributed by atoms with Crippen molar-refractivity contribution >= 4 is 17.3 Å². The lowest BCUT2D eigenvalue weighted by Crippen LogP contribution is -2.20. The second kappa shape index (κ2) is 5.93. The first-order valence-corrected chi connectivity index (χ1v) is 5.39. The van der Waals surface area contributed by atoms with Gasteiger partial charge in [0.15, 0.2) is 0 Å². The van der Waals surface area contributed by atoms with Gasteiger partial charge in [0.1, 0.15) is 5.82 Å². The highest BCUT2D eigenvalue weighted by Crippen LogP contribution is 2.22. The zero-order valence-corrected chi connectivity index (χ0v) is 9.60. The van der Waals surface area contributed by atoms with Crippen molar-refractivity contribution in [2.24, 2.45) is 5.73 Å². The molecule has 2 nitrogen and oxygen atoms in total. The lowest BCUT2D eigenvalue weighted by molar-refractivity contribution is 0.618. The summed E-state index contributed by atoms with van der Waals surface area (Å²) in [5.74, 6) is -0.241. The molecular weight excluding hydrogens is 215 g/mol. The number of nitrogens with zero attached hydrogens (tertiary/aromatic N) is 1. The molecule has 0 saturated heterocycles. The molecule has 2 N–H and O–H groups in total. The Bertz CT molecular complexity index is 317. The Morgan fingerprint density at radius 2 is 2.13 bits per heavy atom. The van der Waals surface area contributed by atoms with Crippen LogP contribution in [0.25, 0.3) is 0 Å². The lowest BCUT2D eigenvalue weighted by Gasteiger charge is -2.19. The maximum atomic E-state index is 13.4. The van der Waals surface area contributed by atoms with Crippen molar-refractivity contribution in [2.45, 2.75) is 12.8 Å². The molecule has 0 spiro atoms. The molecule has 0 aliphatic carbocycles. The van der Waals surface area contributed by atoms with Crippen LogP contribution in [0.2, 0.25) is 5.02 Å². The van der Waals surface area contributed by atoms with Gasteiger partial charge in [-0.05, 0) is 37.6 Å². The van der Waals surface area contributed by atoms with Crippen molar-refractivity contribution in [3.63, 3.8) is 0 Å². The van der Waals surface area contributed by atoms with Crippen LogP contribution in [0.5, 0.6) is 0 Å². The number of anilines is 1. The highest BCUT2D eigenvalue weighted by atomic mass is 35.5. The first-order chi connectivity index (χ1) is 7.15. The van der Waals surface area contributed by atoms with E-state index in [2.05, 4.69) is 0 Å². The molecule has 0 bridgehead atoms. The molecular formula is C11H16ClFN2. The van der Waals surface area contributed by atoms with Gasteiger partial charge in [0.05, 0.1) is 5.69 Å². The summed E-state index contributed by atoms with van der Waals surface area (Å²) in [6.45, 7) is 1.46. The van der Waals surface area contributed by atoms with Crippen LogP contribution >= 0.6 is 11.6 Å². The third kappa shape index (κ3) is 3.68. The van der Waals surface area contributed by atoms with E-state index in [1.54, 1.807) is 12.1 Å². The van der Waals surface area contributed by atoms with Crippen LogP contribution in [0.15, 0.2) is 18.2 Å². The molecule has 0 heterocycles. The van der Waals surface area contributed by atoms with Crippen molar-refractivity contribution in [1.29, 1.82) is 0 Å². The van der Waals surface area contributed by atoms with Crippen LogP contribution < -0.4 is 10.6 Å². The first kappa shape index (κ1) is 12.3. The minimum absolute atomic E-state index is 0.241. The molecule has 1 aromatic carbocycles. The summed E-state index contributed by atoms with van der Waals surface area (Å²) < 4.78 is 13.4. The Morgan fingerprint density at radius 1 is 1.40 bits per heavy atom. The number of rotatable bonds is 5. The average Bonchev–Trinajstić information content (AvgIpc) is 2.22. The summed E-state index contributed by atoms with van der Waals surface area (Å²) >= 11 is 5.81. The molecule has 1 aromatic rings. The molecule has 0 amide bonds. The van der Waals surface area contributed by atoms with E-state index in [1.165, 1.54) is 6.07 Å². The molecule has 15 heavy (non-hydrogen) atoms.